The van der Waals surface area contributed by atoms with Gasteiger partial charge in [0.05, 0.1) is 0 Å². The first kappa shape index (κ1) is 12.0. The minimum absolute atomic E-state index is 0.502. The summed E-state index contributed by atoms with van der Waals surface area (Å²) in [4.78, 5) is 0. The highest BCUT2D eigenvalue weighted by Gasteiger charge is 2.46. The summed E-state index contributed by atoms with van der Waals surface area (Å²) in [7, 11) is 1.54. The number of hydrogen-bond acceptors (Lipinski definition) is 4. The smallest absolute Gasteiger partial charge is 0.376 e. The van der Waals surface area contributed by atoms with Gasteiger partial charge in [-0.05, 0) is 6.42 Å². The fourth-order valence-corrected chi connectivity index (χ4v) is 3.06. The van der Waals surface area contributed by atoms with E-state index in [1.807, 2.05) is 6.92 Å². The molecule has 0 amide bonds. The summed E-state index contributed by atoms with van der Waals surface area (Å²) in [6.07, 6.45) is 0.554. The molecular weight excluding hydrogens is 181 g/mol. The molecule has 0 aromatic heterocycles. The average Bonchev–Trinajstić information content (AvgIpc) is 2.14. The molecule has 0 aliphatic carbocycles. The van der Waals surface area contributed by atoms with E-state index in [1.165, 1.54) is 21.3 Å². The maximum absolute atomic E-state index is 12.3. The monoisotopic (exact) mass is 197 g/mol. The van der Waals surface area contributed by atoms with Crippen LogP contribution in [0, 0.1) is 0 Å². The fourth-order valence-electron chi connectivity index (χ4n) is 1.07. The van der Waals surface area contributed by atoms with Gasteiger partial charge in [0.2, 0.25) is 0 Å². The van der Waals surface area contributed by atoms with Crippen LogP contribution >= 0.6 is 0 Å². The molecule has 12 heavy (non-hydrogen) atoms. The van der Waals surface area contributed by atoms with E-state index in [-0.39, 0.29) is 0 Å². The molecule has 0 aliphatic rings. The van der Waals surface area contributed by atoms with Crippen molar-refractivity contribution in [2.45, 2.75) is 19.0 Å². The van der Waals surface area contributed by atoms with Crippen molar-refractivity contribution >= 4 is 8.80 Å². The number of nitrogens with one attached hydrogen (secondary N) is 1. The molecule has 0 fully saturated rings. The molecule has 1 atom stereocenters. The molecule has 0 aliphatic heterocycles. The van der Waals surface area contributed by atoms with E-state index < -0.39 is 14.5 Å². The molecule has 0 saturated heterocycles. The van der Waals surface area contributed by atoms with Crippen molar-refractivity contribution in [3.05, 3.63) is 0 Å². The van der Waals surface area contributed by atoms with Crippen LogP contribution in [0.25, 0.3) is 0 Å². The third kappa shape index (κ3) is 2.24. The van der Waals surface area contributed by atoms with E-state index in [1.54, 1.807) is 5.54 Å². The lowest BCUT2D eigenvalue weighted by molar-refractivity contribution is 0.0921. The molecule has 0 heterocycles. The van der Waals surface area contributed by atoms with Crippen molar-refractivity contribution in [3.63, 3.8) is 0 Å². The first-order valence-electron chi connectivity index (χ1n) is 3.72. The van der Waals surface area contributed by atoms with Crippen LogP contribution in [0.4, 0.5) is 4.48 Å². The van der Waals surface area contributed by atoms with Gasteiger partial charge in [-0.1, -0.05) is 6.92 Å². The first-order valence-corrected chi connectivity index (χ1v) is 5.52. The second-order valence-electron chi connectivity index (χ2n) is 2.29. The maximum atomic E-state index is 12.3. The molecule has 1 unspecified atom stereocenters. The maximum Gasteiger partial charge on any atom is 0.520 e. The third-order valence-electron chi connectivity index (χ3n) is 1.82. The highest BCUT2D eigenvalue weighted by Crippen LogP contribution is 2.14. The van der Waals surface area contributed by atoms with E-state index >= 15 is 0 Å². The van der Waals surface area contributed by atoms with Gasteiger partial charge in [0.15, 0.2) is 0 Å². The van der Waals surface area contributed by atoms with Gasteiger partial charge in [0.25, 0.3) is 0 Å². The molecule has 0 aromatic rings. The Hall–Kier alpha value is -0.0131. The highest BCUT2D eigenvalue weighted by molar-refractivity contribution is 6.62. The molecule has 6 heteroatoms. The Balaban J connectivity index is 4.42. The summed E-state index contributed by atoms with van der Waals surface area (Å²) in [5.41, 5.74) is 1.13. The van der Waals surface area contributed by atoms with Crippen LogP contribution < -0.4 is 5.54 Å². The highest BCUT2D eigenvalue weighted by atomic mass is 28.4. The molecule has 0 rings (SSSR count). The minimum Gasteiger partial charge on any atom is -0.376 e. The largest absolute Gasteiger partial charge is 0.520 e. The number of rotatable bonds is 6. The summed E-state index contributed by atoms with van der Waals surface area (Å²) >= 11 is 0. The van der Waals surface area contributed by atoms with Gasteiger partial charge >= 0.3 is 8.80 Å². The van der Waals surface area contributed by atoms with Gasteiger partial charge in [-0.3, -0.25) is 0 Å². The Kier molecular flexibility index (Phi) is 5.60. The van der Waals surface area contributed by atoms with Crippen LogP contribution in [0.15, 0.2) is 0 Å². The molecule has 0 saturated carbocycles. The lowest BCUT2D eigenvalue weighted by Gasteiger charge is -2.29. The van der Waals surface area contributed by atoms with Crippen molar-refractivity contribution in [1.82, 2.24) is 5.54 Å². The number of halogens is 1. The van der Waals surface area contributed by atoms with Crippen LogP contribution in [-0.2, 0) is 13.3 Å². The molecule has 0 spiro atoms. The zero-order valence-electron chi connectivity index (χ0n) is 7.89. The Labute approximate surface area is 73.3 Å². The summed E-state index contributed by atoms with van der Waals surface area (Å²) < 4.78 is 27.5. The molecule has 74 valence electrons. The van der Waals surface area contributed by atoms with E-state index in [0.717, 1.165) is 0 Å². The van der Waals surface area contributed by atoms with Crippen molar-refractivity contribution in [1.29, 1.82) is 0 Å². The average molecular weight is 197 g/mol. The second-order valence-corrected chi connectivity index (χ2v) is 5.41. The van der Waals surface area contributed by atoms with Crippen LogP contribution in [-0.4, -0.2) is 35.8 Å². The predicted octanol–water partition coefficient (Wildman–Crippen LogP) is 0.656. The molecule has 4 nitrogen and oxygen atoms in total. The Bertz CT molecular complexity index is 111. The Morgan fingerprint density at radius 2 is 1.67 bits per heavy atom. The molecule has 0 radical (unpaired) electrons. The predicted molar refractivity (Wildman–Crippen MR) is 45.1 cm³/mol. The summed E-state index contributed by atoms with van der Waals surface area (Å²) in [6, 6.07) is 0. The van der Waals surface area contributed by atoms with Gasteiger partial charge in [0.1, 0.15) is 5.67 Å². The molecular formula is C6H16FNO3Si. The van der Waals surface area contributed by atoms with Gasteiger partial charge in [0, 0.05) is 21.3 Å². The fraction of sp³-hybridized carbons (Fsp3) is 1.00. The summed E-state index contributed by atoms with van der Waals surface area (Å²) in [5.74, 6) is 0. The van der Waals surface area contributed by atoms with Crippen molar-refractivity contribution in [3.8, 4) is 0 Å². The zero-order valence-corrected chi connectivity index (χ0v) is 8.89. The van der Waals surface area contributed by atoms with E-state index in [9.17, 15) is 4.48 Å². The zero-order chi connectivity index (χ0) is 9.61. The Morgan fingerprint density at radius 1 is 1.25 bits per heavy atom. The Morgan fingerprint density at radius 3 is 1.75 bits per heavy atom. The quantitative estimate of drug-likeness (QED) is 0.501. The van der Waals surface area contributed by atoms with Gasteiger partial charge < -0.3 is 13.3 Å². The van der Waals surface area contributed by atoms with E-state index in [0.29, 0.717) is 6.42 Å². The second kappa shape index (κ2) is 5.60. The molecule has 1 N–H and O–H groups in total. The van der Waals surface area contributed by atoms with E-state index in [4.69, 9.17) is 13.3 Å². The van der Waals surface area contributed by atoms with Crippen molar-refractivity contribution in [2.24, 2.45) is 0 Å². The molecule has 0 bridgehead atoms. The van der Waals surface area contributed by atoms with Gasteiger partial charge in [-0.15, -0.1) is 4.48 Å². The third-order valence-corrected chi connectivity index (χ3v) is 4.90. The lowest BCUT2D eigenvalue weighted by Crippen LogP contribution is -2.58. The van der Waals surface area contributed by atoms with Crippen LogP contribution in [0.1, 0.15) is 13.3 Å². The first-order chi connectivity index (χ1) is 5.70. The van der Waals surface area contributed by atoms with Crippen molar-refractivity contribution < 1.29 is 17.8 Å². The van der Waals surface area contributed by atoms with Crippen LogP contribution in [0.3, 0.4) is 0 Å². The van der Waals surface area contributed by atoms with Crippen molar-refractivity contribution in [2.75, 3.05) is 21.3 Å². The summed E-state index contributed by atoms with van der Waals surface area (Å²) in [6.45, 7) is 1.83. The lowest BCUT2D eigenvalue weighted by atomic mass is 10.5. The van der Waals surface area contributed by atoms with Crippen LogP contribution in [0.2, 0.25) is 0 Å². The normalized spacial score (nSPS) is 14.8. The topological polar surface area (TPSA) is 39.7 Å². The summed E-state index contributed by atoms with van der Waals surface area (Å²) in [5, 5.41) is 0. The minimum atomic E-state index is -2.83. The van der Waals surface area contributed by atoms with Gasteiger partial charge in [-0.2, -0.15) is 5.54 Å². The standard InChI is InChI=1S/C6H16FNO3Si/c1-5-6(8-7)12(9-2,10-3)11-4/h6,8H,5H2,1-4H3. The molecule has 0 aromatic carbocycles. The van der Waals surface area contributed by atoms with E-state index in [2.05, 4.69) is 0 Å². The van der Waals surface area contributed by atoms with Gasteiger partial charge in [-0.25, -0.2) is 0 Å². The SMILES string of the molecule is CCC(NF)[Si](OC)(OC)OC. The number of hydrogen-bond donors (Lipinski definition) is 1. The van der Waals surface area contributed by atoms with Crippen LogP contribution in [0.5, 0.6) is 0 Å².